The van der Waals surface area contributed by atoms with Crippen LogP contribution < -0.4 is 20.3 Å². The number of carbonyl (C=O) groups excluding carboxylic acids is 2. The molecule has 0 saturated carbocycles. The summed E-state index contributed by atoms with van der Waals surface area (Å²) in [4.78, 5) is 26.0. The van der Waals surface area contributed by atoms with E-state index in [2.05, 4.69) is 10.6 Å². The molecule has 24 heavy (non-hydrogen) atoms. The highest BCUT2D eigenvalue weighted by atomic mass is 35.5. The number of hydrogen-bond donors (Lipinski definition) is 2. The average molecular weight is 376 g/mol. The number of benzene rings is 1. The second-order valence-corrected chi connectivity index (χ2v) is 5.91. The van der Waals surface area contributed by atoms with Crippen molar-refractivity contribution in [2.45, 2.75) is 12.8 Å². The molecule has 1 aromatic rings. The minimum atomic E-state index is -0.347. The van der Waals surface area contributed by atoms with Gasteiger partial charge in [-0.05, 0) is 38.2 Å². The smallest absolute Gasteiger partial charge is 0.227 e. The molecule has 1 atom stereocenters. The summed E-state index contributed by atoms with van der Waals surface area (Å²) in [7, 11) is 3.41. The lowest BCUT2D eigenvalue weighted by Crippen LogP contribution is -2.34. The van der Waals surface area contributed by atoms with Gasteiger partial charge in [-0.15, -0.1) is 12.4 Å². The lowest BCUT2D eigenvalue weighted by atomic mass is 10.1. The van der Waals surface area contributed by atoms with Crippen molar-refractivity contribution in [1.29, 1.82) is 0 Å². The molecule has 1 heterocycles. The summed E-state index contributed by atoms with van der Waals surface area (Å²) in [6.07, 6.45) is 1.06. The Morgan fingerprint density at radius 3 is 2.83 bits per heavy atom. The third kappa shape index (κ3) is 5.00. The number of nitrogens with one attached hydrogen (secondary N) is 2. The van der Waals surface area contributed by atoms with Crippen LogP contribution in [0.2, 0.25) is 5.02 Å². The maximum atomic E-state index is 12.3. The van der Waals surface area contributed by atoms with Gasteiger partial charge >= 0.3 is 0 Å². The van der Waals surface area contributed by atoms with Crippen LogP contribution in [0.25, 0.3) is 0 Å². The molecule has 6 nitrogen and oxygen atoms in total. The summed E-state index contributed by atoms with van der Waals surface area (Å²) < 4.78 is 5.29. The molecule has 0 spiro atoms. The van der Waals surface area contributed by atoms with Crippen molar-refractivity contribution in [1.82, 2.24) is 10.6 Å². The van der Waals surface area contributed by atoms with Gasteiger partial charge in [0.05, 0.1) is 18.7 Å². The minimum absolute atomic E-state index is 0. The molecule has 1 unspecified atom stereocenters. The minimum Gasteiger partial charge on any atom is -0.495 e. The summed E-state index contributed by atoms with van der Waals surface area (Å²) in [5.74, 6) is 0.0393. The standard InChI is InChI=1S/C16H22ClN3O3.ClH/c1-18-6-3-7-19-16(22)11-8-15(21)20(10-11)13-9-12(17)4-5-14(13)23-2;/h4-5,9,11,18H,3,6-8,10H2,1-2H3,(H,19,22);1H. The molecule has 0 aliphatic carbocycles. The largest absolute Gasteiger partial charge is 0.495 e. The first-order chi connectivity index (χ1) is 11.1. The molecule has 1 saturated heterocycles. The number of anilines is 1. The lowest BCUT2D eigenvalue weighted by molar-refractivity contribution is -0.126. The first-order valence-corrected chi connectivity index (χ1v) is 8.00. The summed E-state index contributed by atoms with van der Waals surface area (Å²) in [6, 6.07) is 5.11. The zero-order chi connectivity index (χ0) is 16.8. The van der Waals surface area contributed by atoms with Gasteiger partial charge in [-0.25, -0.2) is 0 Å². The van der Waals surface area contributed by atoms with Gasteiger partial charge in [0.15, 0.2) is 0 Å². The summed E-state index contributed by atoms with van der Waals surface area (Å²) >= 11 is 6.02. The van der Waals surface area contributed by atoms with Crippen LogP contribution in [0.3, 0.4) is 0 Å². The molecule has 134 valence electrons. The number of methoxy groups -OCH3 is 1. The van der Waals surface area contributed by atoms with Gasteiger partial charge in [0.2, 0.25) is 11.8 Å². The van der Waals surface area contributed by atoms with E-state index in [0.29, 0.717) is 29.5 Å². The van der Waals surface area contributed by atoms with Gasteiger partial charge in [-0.1, -0.05) is 11.6 Å². The fourth-order valence-corrected chi connectivity index (χ4v) is 2.78. The molecule has 0 bridgehead atoms. The Morgan fingerprint density at radius 2 is 2.17 bits per heavy atom. The van der Waals surface area contributed by atoms with E-state index in [9.17, 15) is 9.59 Å². The maximum absolute atomic E-state index is 12.3. The van der Waals surface area contributed by atoms with Crippen molar-refractivity contribution < 1.29 is 14.3 Å². The Morgan fingerprint density at radius 1 is 1.42 bits per heavy atom. The number of rotatable bonds is 7. The van der Waals surface area contributed by atoms with E-state index in [0.717, 1.165) is 13.0 Å². The zero-order valence-electron chi connectivity index (χ0n) is 13.8. The van der Waals surface area contributed by atoms with Crippen LogP contribution in [0.5, 0.6) is 5.75 Å². The number of hydrogen-bond acceptors (Lipinski definition) is 4. The van der Waals surface area contributed by atoms with Crippen molar-refractivity contribution in [3.8, 4) is 5.75 Å². The number of halogens is 2. The Balaban J connectivity index is 0.00000288. The second kappa shape index (κ2) is 9.71. The third-order valence-corrected chi connectivity index (χ3v) is 4.07. The van der Waals surface area contributed by atoms with E-state index in [1.165, 1.54) is 0 Å². The molecule has 0 aromatic heterocycles. The first-order valence-electron chi connectivity index (χ1n) is 7.63. The van der Waals surface area contributed by atoms with Gasteiger partial charge in [0.1, 0.15) is 5.75 Å². The van der Waals surface area contributed by atoms with Crippen LogP contribution >= 0.6 is 24.0 Å². The lowest BCUT2D eigenvalue weighted by Gasteiger charge is -2.19. The predicted molar refractivity (Wildman–Crippen MR) is 97.3 cm³/mol. The molecule has 2 N–H and O–H groups in total. The normalized spacial score (nSPS) is 16.7. The molecular weight excluding hydrogens is 353 g/mol. The monoisotopic (exact) mass is 375 g/mol. The predicted octanol–water partition coefficient (Wildman–Crippen LogP) is 1.85. The second-order valence-electron chi connectivity index (χ2n) is 5.47. The van der Waals surface area contributed by atoms with Crippen LogP contribution in [0.15, 0.2) is 18.2 Å². The number of ether oxygens (including phenoxy) is 1. The topological polar surface area (TPSA) is 70.7 Å². The summed E-state index contributed by atoms with van der Waals surface area (Å²) in [5, 5.41) is 6.42. The van der Waals surface area contributed by atoms with Gasteiger partial charge in [0.25, 0.3) is 0 Å². The molecule has 2 rings (SSSR count). The van der Waals surface area contributed by atoms with Gasteiger partial charge in [-0.3, -0.25) is 9.59 Å². The van der Waals surface area contributed by atoms with Crippen molar-refractivity contribution in [2.75, 3.05) is 38.7 Å². The Hall–Kier alpha value is -1.50. The Bertz CT molecular complexity index is 584. The molecule has 1 aromatic carbocycles. The summed E-state index contributed by atoms with van der Waals surface area (Å²) in [5.41, 5.74) is 0.607. The van der Waals surface area contributed by atoms with E-state index in [-0.39, 0.29) is 36.6 Å². The van der Waals surface area contributed by atoms with Crippen LogP contribution in [0.4, 0.5) is 5.69 Å². The van der Waals surface area contributed by atoms with Crippen molar-refractivity contribution in [2.24, 2.45) is 5.92 Å². The van der Waals surface area contributed by atoms with Crippen LogP contribution in [0, 0.1) is 5.92 Å². The highest BCUT2D eigenvalue weighted by molar-refractivity contribution is 6.31. The van der Waals surface area contributed by atoms with Gasteiger partial charge in [-0.2, -0.15) is 0 Å². The Kier molecular flexibility index (Phi) is 8.31. The molecule has 1 aliphatic rings. The highest BCUT2D eigenvalue weighted by Crippen LogP contribution is 2.35. The molecule has 2 amide bonds. The summed E-state index contributed by atoms with van der Waals surface area (Å²) in [6.45, 7) is 1.79. The third-order valence-electron chi connectivity index (χ3n) is 3.83. The zero-order valence-corrected chi connectivity index (χ0v) is 15.4. The van der Waals surface area contributed by atoms with E-state index in [1.807, 2.05) is 7.05 Å². The first kappa shape index (κ1) is 20.5. The van der Waals surface area contributed by atoms with Gasteiger partial charge < -0.3 is 20.3 Å². The van der Waals surface area contributed by atoms with E-state index in [4.69, 9.17) is 16.3 Å². The number of carbonyl (C=O) groups is 2. The molecule has 0 radical (unpaired) electrons. The number of amides is 2. The fourth-order valence-electron chi connectivity index (χ4n) is 2.61. The fraction of sp³-hybridized carbons (Fsp3) is 0.500. The quantitative estimate of drug-likeness (QED) is 0.713. The average Bonchev–Trinajstić information content (AvgIpc) is 2.93. The molecule has 8 heteroatoms. The highest BCUT2D eigenvalue weighted by Gasteiger charge is 2.36. The molecule has 1 aliphatic heterocycles. The SMILES string of the molecule is CNCCCNC(=O)C1CC(=O)N(c2cc(Cl)ccc2OC)C1.Cl. The molecule has 1 fully saturated rings. The van der Waals surface area contributed by atoms with E-state index < -0.39 is 0 Å². The maximum Gasteiger partial charge on any atom is 0.227 e. The Labute approximate surface area is 153 Å². The number of nitrogens with zero attached hydrogens (tertiary/aromatic N) is 1. The van der Waals surface area contributed by atoms with Crippen LogP contribution in [0.1, 0.15) is 12.8 Å². The van der Waals surface area contributed by atoms with E-state index in [1.54, 1.807) is 30.2 Å². The molecular formula is C16H23Cl2N3O3. The van der Waals surface area contributed by atoms with E-state index >= 15 is 0 Å². The van der Waals surface area contributed by atoms with Crippen LogP contribution in [-0.2, 0) is 9.59 Å². The van der Waals surface area contributed by atoms with Crippen molar-refractivity contribution >= 4 is 41.5 Å². The van der Waals surface area contributed by atoms with Crippen molar-refractivity contribution in [3.63, 3.8) is 0 Å². The van der Waals surface area contributed by atoms with Gasteiger partial charge in [0, 0.05) is 24.5 Å². The van der Waals surface area contributed by atoms with Crippen molar-refractivity contribution in [3.05, 3.63) is 23.2 Å². The van der Waals surface area contributed by atoms with Crippen LogP contribution in [-0.4, -0.2) is 45.6 Å².